The molecule has 6 heteroatoms. The minimum Gasteiger partial charge on any atom is -0.489 e. The van der Waals surface area contributed by atoms with Gasteiger partial charge in [-0.15, -0.1) is 0 Å². The fourth-order valence-corrected chi connectivity index (χ4v) is 3.49. The number of nitrogens with zero attached hydrogens (tertiary/aromatic N) is 2. The monoisotopic (exact) mass is 399 g/mol. The molecule has 1 aliphatic rings. The number of carbonyl (C=O) groups excluding carboxylic acids is 1. The number of carbonyl (C=O) groups is 1. The van der Waals surface area contributed by atoms with E-state index in [9.17, 15) is 9.18 Å². The van der Waals surface area contributed by atoms with E-state index in [4.69, 9.17) is 4.74 Å². The van der Waals surface area contributed by atoms with Gasteiger partial charge in [0.05, 0.1) is 11.8 Å². The second-order valence-electron chi connectivity index (χ2n) is 7.77. The molecule has 2 aromatic carbocycles. The van der Waals surface area contributed by atoms with Crippen LogP contribution in [0.1, 0.15) is 31.9 Å². The number of rotatable bonds is 7. The fourth-order valence-electron chi connectivity index (χ4n) is 3.49. The Balaban J connectivity index is 1.55. The summed E-state index contributed by atoms with van der Waals surface area (Å²) in [4.78, 5) is 15.7. The van der Waals surface area contributed by atoms with Crippen molar-refractivity contribution >= 4 is 11.6 Å². The number of amides is 1. The van der Waals surface area contributed by atoms with Crippen molar-refractivity contribution in [3.63, 3.8) is 0 Å². The molecule has 1 N–H and O–H groups in total. The zero-order chi connectivity index (χ0) is 20.8. The van der Waals surface area contributed by atoms with Gasteiger partial charge >= 0.3 is 0 Å². The quantitative estimate of drug-likeness (QED) is 0.773. The predicted octanol–water partition coefficient (Wildman–Crippen LogP) is 3.57. The molecule has 0 aliphatic carbocycles. The molecule has 1 saturated heterocycles. The smallest absolute Gasteiger partial charge is 0.217 e. The molecule has 0 spiro atoms. The zero-order valence-electron chi connectivity index (χ0n) is 17.5. The summed E-state index contributed by atoms with van der Waals surface area (Å²) in [5.74, 6) is 0.322. The molecule has 156 valence electrons. The Kier molecular flexibility index (Phi) is 7.09. The van der Waals surface area contributed by atoms with Crippen molar-refractivity contribution in [2.75, 3.05) is 31.1 Å². The number of hydrogen-bond donors (Lipinski definition) is 1. The molecule has 0 radical (unpaired) electrons. The lowest BCUT2D eigenvalue weighted by Crippen LogP contribution is -2.46. The van der Waals surface area contributed by atoms with Crippen LogP contribution in [0.3, 0.4) is 0 Å². The summed E-state index contributed by atoms with van der Waals surface area (Å²) < 4.78 is 19.5. The lowest BCUT2D eigenvalue weighted by atomic mass is 10.1. The van der Waals surface area contributed by atoms with E-state index in [2.05, 4.69) is 39.4 Å². The number of nitrogens with one attached hydrogen (secondary N) is 1. The molecule has 1 aliphatic heterocycles. The third kappa shape index (κ3) is 6.19. The Morgan fingerprint density at radius 3 is 2.34 bits per heavy atom. The second-order valence-corrected chi connectivity index (χ2v) is 7.77. The maximum atomic E-state index is 13.7. The van der Waals surface area contributed by atoms with Gasteiger partial charge in [-0.05, 0) is 37.1 Å². The third-order valence-electron chi connectivity index (χ3n) is 4.97. The Hall–Kier alpha value is -2.60. The summed E-state index contributed by atoms with van der Waals surface area (Å²) in [5, 5.41) is 2.81. The lowest BCUT2D eigenvalue weighted by Gasteiger charge is -2.37. The molecule has 5 nitrogen and oxygen atoms in total. The lowest BCUT2D eigenvalue weighted by molar-refractivity contribution is -0.119. The molecular formula is C23H30FN3O2. The van der Waals surface area contributed by atoms with Crippen molar-refractivity contribution in [1.82, 2.24) is 10.2 Å². The van der Waals surface area contributed by atoms with Gasteiger partial charge in [0.15, 0.2) is 0 Å². The summed E-state index contributed by atoms with van der Waals surface area (Å²) in [6.45, 7) is 10.5. The van der Waals surface area contributed by atoms with Gasteiger partial charge in [-0.2, -0.15) is 0 Å². The number of benzene rings is 2. The first-order valence-electron chi connectivity index (χ1n) is 10.2. The molecule has 2 aromatic rings. The second kappa shape index (κ2) is 9.74. The minimum atomic E-state index is -0.273. The van der Waals surface area contributed by atoms with Gasteiger partial charge in [-0.25, -0.2) is 4.39 Å². The van der Waals surface area contributed by atoms with Crippen molar-refractivity contribution in [2.24, 2.45) is 0 Å². The molecule has 0 bridgehead atoms. The number of halogens is 1. The van der Waals surface area contributed by atoms with Gasteiger partial charge in [0, 0.05) is 52.3 Å². The van der Waals surface area contributed by atoms with Crippen molar-refractivity contribution in [1.29, 1.82) is 0 Å². The van der Waals surface area contributed by atoms with Gasteiger partial charge in [0.2, 0.25) is 5.91 Å². The van der Waals surface area contributed by atoms with E-state index in [0.29, 0.717) is 12.3 Å². The minimum absolute atomic E-state index is 0.00505. The van der Waals surface area contributed by atoms with Crippen LogP contribution in [-0.4, -0.2) is 43.1 Å². The normalized spacial score (nSPS) is 14.9. The number of hydrogen-bond acceptors (Lipinski definition) is 4. The molecular weight excluding hydrogens is 369 g/mol. The summed E-state index contributed by atoms with van der Waals surface area (Å²) in [5.41, 5.74) is 3.32. The van der Waals surface area contributed by atoms with Crippen LogP contribution < -0.4 is 15.0 Å². The van der Waals surface area contributed by atoms with Gasteiger partial charge in [0.1, 0.15) is 11.6 Å². The summed E-state index contributed by atoms with van der Waals surface area (Å²) in [6.07, 6.45) is 0.00505. The third-order valence-corrected chi connectivity index (χ3v) is 4.97. The van der Waals surface area contributed by atoms with Crippen molar-refractivity contribution in [3.8, 4) is 5.75 Å². The van der Waals surface area contributed by atoms with E-state index in [1.165, 1.54) is 24.6 Å². The molecule has 1 fully saturated rings. The first kappa shape index (κ1) is 21.1. The number of ether oxygens (including phenoxy) is 1. The van der Waals surface area contributed by atoms with E-state index in [1.807, 2.05) is 19.9 Å². The van der Waals surface area contributed by atoms with Gasteiger partial charge < -0.3 is 15.0 Å². The van der Waals surface area contributed by atoms with Crippen LogP contribution in [0.25, 0.3) is 0 Å². The summed E-state index contributed by atoms with van der Waals surface area (Å²) in [7, 11) is 0. The Bertz CT molecular complexity index is 815. The number of piperazine rings is 1. The highest BCUT2D eigenvalue weighted by Gasteiger charge is 2.20. The molecule has 29 heavy (non-hydrogen) atoms. The van der Waals surface area contributed by atoms with Gasteiger partial charge in [0.25, 0.3) is 0 Å². The van der Waals surface area contributed by atoms with Crippen LogP contribution in [0, 0.1) is 5.82 Å². The van der Waals surface area contributed by atoms with Crippen LogP contribution in [0.4, 0.5) is 10.1 Å². The van der Waals surface area contributed by atoms with Gasteiger partial charge in [-0.1, -0.05) is 24.3 Å². The average Bonchev–Trinajstić information content (AvgIpc) is 2.68. The van der Waals surface area contributed by atoms with Gasteiger partial charge in [-0.3, -0.25) is 9.69 Å². The Morgan fingerprint density at radius 2 is 1.72 bits per heavy atom. The first-order chi connectivity index (χ1) is 13.9. The highest BCUT2D eigenvalue weighted by atomic mass is 19.1. The largest absolute Gasteiger partial charge is 0.489 e. The van der Waals surface area contributed by atoms with Crippen LogP contribution in [0.15, 0.2) is 42.5 Å². The highest BCUT2D eigenvalue weighted by molar-refractivity contribution is 5.72. The Labute approximate surface area is 172 Å². The van der Waals surface area contributed by atoms with Crippen molar-refractivity contribution in [3.05, 3.63) is 59.4 Å². The van der Waals surface area contributed by atoms with E-state index in [1.54, 1.807) is 0 Å². The zero-order valence-corrected chi connectivity index (χ0v) is 17.5. The molecule has 3 rings (SSSR count). The fraction of sp³-hybridized carbons (Fsp3) is 0.435. The summed E-state index contributed by atoms with van der Waals surface area (Å²) in [6, 6.07) is 13.2. The molecule has 0 unspecified atom stereocenters. The predicted molar refractivity (Wildman–Crippen MR) is 114 cm³/mol. The SMILES string of the molecule is CC(=O)NCc1ccc(CN2CCN(c3ccc(F)cc3OC(C)C)CC2)cc1. The number of anilines is 1. The van der Waals surface area contributed by atoms with E-state index in [0.717, 1.165) is 44.0 Å². The first-order valence-corrected chi connectivity index (χ1v) is 10.2. The standard InChI is InChI=1S/C23H30FN3O2/c1-17(2)29-23-14-21(24)8-9-22(23)27-12-10-26(11-13-27)16-20-6-4-19(5-7-20)15-25-18(3)28/h4-9,14,17H,10-13,15-16H2,1-3H3,(H,25,28). The topological polar surface area (TPSA) is 44.8 Å². The molecule has 0 saturated carbocycles. The molecule has 1 heterocycles. The average molecular weight is 400 g/mol. The van der Waals surface area contributed by atoms with E-state index >= 15 is 0 Å². The highest BCUT2D eigenvalue weighted by Crippen LogP contribution is 2.31. The molecule has 0 aromatic heterocycles. The van der Waals surface area contributed by atoms with E-state index in [-0.39, 0.29) is 17.8 Å². The van der Waals surface area contributed by atoms with Crippen LogP contribution in [-0.2, 0) is 17.9 Å². The van der Waals surface area contributed by atoms with Crippen LogP contribution >= 0.6 is 0 Å². The molecule has 1 amide bonds. The van der Waals surface area contributed by atoms with Crippen LogP contribution in [0.2, 0.25) is 0 Å². The maximum absolute atomic E-state index is 13.7. The van der Waals surface area contributed by atoms with Crippen molar-refractivity contribution < 1.29 is 13.9 Å². The van der Waals surface area contributed by atoms with E-state index < -0.39 is 0 Å². The summed E-state index contributed by atoms with van der Waals surface area (Å²) >= 11 is 0. The van der Waals surface area contributed by atoms with Crippen LogP contribution in [0.5, 0.6) is 5.75 Å². The Morgan fingerprint density at radius 1 is 1.07 bits per heavy atom. The molecule has 0 atom stereocenters. The maximum Gasteiger partial charge on any atom is 0.217 e. The van der Waals surface area contributed by atoms with Crippen molar-refractivity contribution in [2.45, 2.75) is 40.0 Å².